The zero-order chi connectivity index (χ0) is 12.1. The smallest absolute Gasteiger partial charge is 0.271 e. The molecule has 1 unspecified atom stereocenters. The zero-order valence-corrected chi connectivity index (χ0v) is 11.2. The summed E-state index contributed by atoms with van der Waals surface area (Å²) in [6, 6.07) is 3.83. The van der Waals surface area contributed by atoms with Gasteiger partial charge in [-0.15, -0.1) is 0 Å². The molecule has 4 nitrogen and oxygen atoms in total. The molecular formula is C12H16BrN3O. The van der Waals surface area contributed by atoms with Gasteiger partial charge in [-0.05, 0) is 47.4 Å². The molecule has 0 bridgehead atoms. The molecule has 17 heavy (non-hydrogen) atoms. The molecule has 0 aliphatic carbocycles. The van der Waals surface area contributed by atoms with Crippen LogP contribution in [0.4, 0.5) is 0 Å². The molecule has 0 spiro atoms. The number of nitrogens with zero attached hydrogens (tertiary/aromatic N) is 1. The van der Waals surface area contributed by atoms with Gasteiger partial charge in [-0.25, -0.2) is 4.98 Å². The van der Waals surface area contributed by atoms with Crippen molar-refractivity contribution in [2.45, 2.75) is 25.3 Å². The Morgan fingerprint density at radius 3 is 3.24 bits per heavy atom. The van der Waals surface area contributed by atoms with E-state index in [0.29, 0.717) is 5.69 Å². The number of pyridine rings is 1. The molecule has 1 saturated heterocycles. The van der Waals surface area contributed by atoms with Crippen molar-refractivity contribution in [1.82, 2.24) is 15.6 Å². The van der Waals surface area contributed by atoms with Gasteiger partial charge >= 0.3 is 0 Å². The van der Waals surface area contributed by atoms with Gasteiger partial charge in [0.05, 0.1) is 0 Å². The highest BCUT2D eigenvalue weighted by Crippen LogP contribution is 2.13. The molecule has 5 heteroatoms. The van der Waals surface area contributed by atoms with Gasteiger partial charge in [-0.2, -0.15) is 0 Å². The average Bonchev–Trinajstić information content (AvgIpc) is 2.58. The summed E-state index contributed by atoms with van der Waals surface area (Å²) in [5.41, 5.74) is 0.455. The summed E-state index contributed by atoms with van der Waals surface area (Å²) < 4.78 is 0.735. The Balaban J connectivity index is 1.98. The lowest BCUT2D eigenvalue weighted by molar-refractivity contribution is 0.0929. The number of hydrogen-bond donors (Lipinski definition) is 2. The predicted octanol–water partition coefficient (Wildman–Crippen LogP) is 1.72. The minimum absolute atomic E-state index is 0.105. The third kappa shape index (κ3) is 3.51. The summed E-state index contributed by atoms with van der Waals surface area (Å²) in [6.07, 6.45) is 5.00. The highest BCUT2D eigenvalue weighted by molar-refractivity contribution is 9.10. The van der Waals surface area contributed by atoms with E-state index in [2.05, 4.69) is 31.5 Å². The molecule has 1 atom stereocenters. The Labute approximate surface area is 109 Å². The molecule has 92 valence electrons. The number of nitrogens with one attached hydrogen (secondary N) is 2. The fourth-order valence-corrected chi connectivity index (χ4v) is 2.38. The van der Waals surface area contributed by atoms with Gasteiger partial charge in [0.15, 0.2) is 0 Å². The highest BCUT2D eigenvalue weighted by atomic mass is 79.9. The Kier molecular flexibility index (Phi) is 4.50. The second-order valence-electron chi connectivity index (χ2n) is 4.20. The maximum Gasteiger partial charge on any atom is 0.271 e. The fraction of sp³-hybridized carbons (Fsp3) is 0.500. The monoisotopic (exact) mass is 297 g/mol. The molecule has 2 heterocycles. The third-order valence-electron chi connectivity index (χ3n) is 2.86. The Bertz CT molecular complexity index is 389. The van der Waals surface area contributed by atoms with Crippen LogP contribution in [0.25, 0.3) is 0 Å². The number of aromatic nitrogens is 1. The molecule has 0 radical (unpaired) electrons. The fourth-order valence-electron chi connectivity index (χ4n) is 1.95. The van der Waals surface area contributed by atoms with Crippen molar-refractivity contribution in [2.24, 2.45) is 0 Å². The Morgan fingerprint density at radius 2 is 2.41 bits per heavy atom. The average molecular weight is 298 g/mol. The first-order valence-electron chi connectivity index (χ1n) is 5.89. The maximum absolute atomic E-state index is 12.0. The first kappa shape index (κ1) is 12.5. The molecule has 1 aromatic heterocycles. The van der Waals surface area contributed by atoms with Crippen LogP contribution < -0.4 is 10.6 Å². The Hall–Kier alpha value is -0.940. The SMILES string of the molecule is O=C(NC1CCCCNC1)c1ncccc1Br. The highest BCUT2D eigenvalue weighted by Gasteiger charge is 2.17. The molecule has 0 saturated carbocycles. The van der Waals surface area contributed by atoms with Gasteiger partial charge in [0.2, 0.25) is 0 Å². The maximum atomic E-state index is 12.0. The van der Waals surface area contributed by atoms with Crippen LogP contribution in [-0.4, -0.2) is 30.0 Å². The number of amides is 1. The quantitative estimate of drug-likeness (QED) is 0.874. The van der Waals surface area contributed by atoms with Gasteiger partial charge < -0.3 is 10.6 Å². The van der Waals surface area contributed by atoms with Gasteiger partial charge in [-0.3, -0.25) is 4.79 Å². The van der Waals surface area contributed by atoms with Crippen LogP contribution in [0.1, 0.15) is 29.8 Å². The van der Waals surface area contributed by atoms with Crippen molar-refractivity contribution in [3.8, 4) is 0 Å². The second-order valence-corrected chi connectivity index (χ2v) is 5.06. The van der Waals surface area contributed by atoms with Crippen LogP contribution in [-0.2, 0) is 0 Å². The summed E-state index contributed by atoms with van der Waals surface area (Å²) in [4.78, 5) is 16.1. The number of hydrogen-bond acceptors (Lipinski definition) is 3. The van der Waals surface area contributed by atoms with Crippen LogP contribution in [0.15, 0.2) is 22.8 Å². The first-order chi connectivity index (χ1) is 8.27. The van der Waals surface area contributed by atoms with Crippen LogP contribution >= 0.6 is 15.9 Å². The largest absolute Gasteiger partial charge is 0.347 e. The topological polar surface area (TPSA) is 54.0 Å². The summed E-state index contributed by atoms with van der Waals surface area (Å²) >= 11 is 3.34. The van der Waals surface area contributed by atoms with E-state index < -0.39 is 0 Å². The van der Waals surface area contributed by atoms with Crippen molar-refractivity contribution in [3.63, 3.8) is 0 Å². The lowest BCUT2D eigenvalue weighted by atomic mass is 10.1. The normalized spacial score (nSPS) is 20.6. The van der Waals surface area contributed by atoms with E-state index in [0.717, 1.165) is 30.4 Å². The van der Waals surface area contributed by atoms with Crippen molar-refractivity contribution in [3.05, 3.63) is 28.5 Å². The van der Waals surface area contributed by atoms with E-state index in [-0.39, 0.29) is 11.9 Å². The van der Waals surface area contributed by atoms with E-state index in [1.807, 2.05) is 6.07 Å². The van der Waals surface area contributed by atoms with E-state index >= 15 is 0 Å². The second kappa shape index (κ2) is 6.12. The van der Waals surface area contributed by atoms with Crippen molar-refractivity contribution in [1.29, 1.82) is 0 Å². The standard InChI is InChI=1S/C12H16BrN3O/c13-10-5-3-7-15-11(10)12(17)16-9-4-1-2-6-14-8-9/h3,5,7,9,14H,1-2,4,6,8H2,(H,16,17). The summed E-state index contributed by atoms with van der Waals surface area (Å²) in [6.45, 7) is 1.88. The van der Waals surface area contributed by atoms with Gasteiger partial charge in [0.25, 0.3) is 5.91 Å². The number of carbonyl (C=O) groups is 1. The van der Waals surface area contributed by atoms with Crippen LogP contribution in [0.3, 0.4) is 0 Å². The molecule has 0 aromatic carbocycles. The zero-order valence-electron chi connectivity index (χ0n) is 9.58. The first-order valence-corrected chi connectivity index (χ1v) is 6.69. The number of rotatable bonds is 2. The molecule has 1 aromatic rings. The summed E-state index contributed by atoms with van der Waals surface area (Å²) in [7, 11) is 0. The molecule has 1 aliphatic heterocycles. The lowest BCUT2D eigenvalue weighted by Gasteiger charge is -2.16. The number of carbonyl (C=O) groups excluding carboxylic acids is 1. The number of halogens is 1. The van der Waals surface area contributed by atoms with E-state index in [1.165, 1.54) is 6.42 Å². The molecular weight excluding hydrogens is 282 g/mol. The molecule has 2 rings (SSSR count). The van der Waals surface area contributed by atoms with Gasteiger partial charge in [0.1, 0.15) is 5.69 Å². The van der Waals surface area contributed by atoms with E-state index in [9.17, 15) is 4.79 Å². The lowest BCUT2D eigenvalue weighted by Crippen LogP contribution is -2.41. The van der Waals surface area contributed by atoms with Crippen LogP contribution in [0.5, 0.6) is 0 Å². The van der Waals surface area contributed by atoms with E-state index in [4.69, 9.17) is 0 Å². The Morgan fingerprint density at radius 1 is 1.53 bits per heavy atom. The summed E-state index contributed by atoms with van der Waals surface area (Å²) in [5, 5.41) is 6.34. The molecule has 1 amide bonds. The van der Waals surface area contributed by atoms with Gasteiger partial charge in [-0.1, -0.05) is 6.42 Å². The van der Waals surface area contributed by atoms with Crippen LogP contribution in [0.2, 0.25) is 0 Å². The molecule has 1 aliphatic rings. The van der Waals surface area contributed by atoms with Gasteiger partial charge in [0, 0.05) is 23.3 Å². The minimum atomic E-state index is -0.105. The molecule has 1 fully saturated rings. The summed E-state index contributed by atoms with van der Waals surface area (Å²) in [5.74, 6) is -0.105. The third-order valence-corrected chi connectivity index (χ3v) is 3.50. The predicted molar refractivity (Wildman–Crippen MR) is 69.9 cm³/mol. The van der Waals surface area contributed by atoms with Crippen molar-refractivity contribution >= 4 is 21.8 Å². The van der Waals surface area contributed by atoms with Crippen molar-refractivity contribution in [2.75, 3.05) is 13.1 Å². The van der Waals surface area contributed by atoms with Crippen LogP contribution in [0, 0.1) is 0 Å². The minimum Gasteiger partial charge on any atom is -0.347 e. The molecule has 2 N–H and O–H groups in total. The van der Waals surface area contributed by atoms with Crippen molar-refractivity contribution < 1.29 is 4.79 Å². The van der Waals surface area contributed by atoms with E-state index in [1.54, 1.807) is 12.3 Å².